The van der Waals surface area contributed by atoms with Crippen molar-refractivity contribution in [3.8, 4) is 0 Å². The Morgan fingerprint density at radius 1 is 1.14 bits per heavy atom. The number of aryl methyl sites for hydroxylation is 1. The predicted octanol–water partition coefficient (Wildman–Crippen LogP) is 4.56. The molecular formula is C20H19BrN2O4S2. The maximum atomic E-state index is 12.5. The van der Waals surface area contributed by atoms with E-state index < -0.39 is 10.0 Å². The second-order valence-corrected chi connectivity index (χ2v) is 9.88. The lowest BCUT2D eigenvalue weighted by molar-refractivity contribution is -0.113. The maximum Gasteiger partial charge on any atom is 0.241 e. The zero-order chi connectivity index (χ0) is 20.9. The third kappa shape index (κ3) is 6.20. The standard InChI is InChI=1S/C20H19BrN2O4S2/c1-14-10-15(21)7-8-19(14)28-13-20(24)23-16-4-2-6-18(11-16)29(25,26)22-12-17-5-3-9-27-17/h2-11,22H,12-13H2,1H3,(H,23,24). The van der Waals surface area contributed by atoms with Gasteiger partial charge in [0.15, 0.2) is 0 Å². The Morgan fingerprint density at radius 2 is 1.97 bits per heavy atom. The predicted molar refractivity (Wildman–Crippen MR) is 117 cm³/mol. The second-order valence-electron chi connectivity index (χ2n) is 6.18. The van der Waals surface area contributed by atoms with Gasteiger partial charge in [-0.2, -0.15) is 0 Å². The number of anilines is 1. The molecule has 0 saturated carbocycles. The number of carbonyl (C=O) groups excluding carboxylic acids is 1. The number of hydrogen-bond donors (Lipinski definition) is 2. The molecule has 2 N–H and O–H groups in total. The average molecular weight is 495 g/mol. The Kier molecular flexibility index (Phi) is 7.18. The van der Waals surface area contributed by atoms with Crippen molar-refractivity contribution in [2.24, 2.45) is 0 Å². The molecule has 152 valence electrons. The zero-order valence-electron chi connectivity index (χ0n) is 15.5. The first-order valence-corrected chi connectivity index (χ1v) is 11.9. The molecule has 9 heteroatoms. The largest absolute Gasteiger partial charge is 0.468 e. The number of hydrogen-bond acceptors (Lipinski definition) is 5. The quantitative estimate of drug-likeness (QED) is 0.448. The molecule has 29 heavy (non-hydrogen) atoms. The van der Waals surface area contributed by atoms with Crippen molar-refractivity contribution in [2.45, 2.75) is 23.3 Å². The molecule has 0 bridgehead atoms. The molecule has 0 saturated heterocycles. The van der Waals surface area contributed by atoms with Gasteiger partial charge in [-0.3, -0.25) is 4.79 Å². The normalized spacial score (nSPS) is 11.4. The van der Waals surface area contributed by atoms with Crippen molar-refractivity contribution < 1.29 is 17.6 Å². The fourth-order valence-corrected chi connectivity index (χ4v) is 4.84. The molecule has 0 atom stereocenters. The van der Waals surface area contributed by atoms with Gasteiger partial charge in [0, 0.05) is 15.1 Å². The van der Waals surface area contributed by atoms with E-state index in [-0.39, 0.29) is 23.1 Å². The van der Waals surface area contributed by atoms with Crippen molar-refractivity contribution in [1.29, 1.82) is 0 Å². The van der Waals surface area contributed by atoms with Crippen LogP contribution in [0.15, 0.2) is 79.5 Å². The van der Waals surface area contributed by atoms with E-state index in [1.54, 1.807) is 24.3 Å². The van der Waals surface area contributed by atoms with Gasteiger partial charge in [-0.25, -0.2) is 13.1 Å². The smallest absolute Gasteiger partial charge is 0.241 e. The summed E-state index contributed by atoms with van der Waals surface area (Å²) < 4.78 is 33.5. The number of rotatable bonds is 8. The number of furan rings is 1. The molecule has 0 spiro atoms. The third-order valence-electron chi connectivity index (χ3n) is 3.94. The van der Waals surface area contributed by atoms with Crippen LogP contribution < -0.4 is 10.0 Å². The fourth-order valence-electron chi connectivity index (χ4n) is 2.52. The van der Waals surface area contributed by atoms with Crippen LogP contribution in [0, 0.1) is 6.92 Å². The van der Waals surface area contributed by atoms with Crippen LogP contribution in [-0.2, 0) is 21.4 Å². The Balaban J connectivity index is 1.60. The number of carbonyl (C=O) groups is 1. The Morgan fingerprint density at radius 3 is 2.69 bits per heavy atom. The van der Waals surface area contributed by atoms with Crippen molar-refractivity contribution in [2.75, 3.05) is 11.1 Å². The topological polar surface area (TPSA) is 88.4 Å². The van der Waals surface area contributed by atoms with Crippen LogP contribution in [0.25, 0.3) is 0 Å². The summed E-state index contributed by atoms with van der Waals surface area (Å²) in [6.07, 6.45) is 1.48. The van der Waals surface area contributed by atoms with Crippen LogP contribution in [0.5, 0.6) is 0 Å². The van der Waals surface area contributed by atoms with Gasteiger partial charge in [0.25, 0.3) is 0 Å². The number of sulfonamides is 1. The van der Waals surface area contributed by atoms with Gasteiger partial charge >= 0.3 is 0 Å². The highest BCUT2D eigenvalue weighted by atomic mass is 79.9. The Hall–Kier alpha value is -2.07. The summed E-state index contributed by atoms with van der Waals surface area (Å²) in [6, 6.07) is 15.4. The molecule has 3 rings (SSSR count). The molecule has 0 aliphatic heterocycles. The molecule has 1 aromatic heterocycles. The lowest BCUT2D eigenvalue weighted by atomic mass is 10.2. The van der Waals surface area contributed by atoms with E-state index >= 15 is 0 Å². The van der Waals surface area contributed by atoms with E-state index in [1.165, 1.54) is 30.2 Å². The van der Waals surface area contributed by atoms with E-state index in [2.05, 4.69) is 26.0 Å². The van der Waals surface area contributed by atoms with E-state index in [0.29, 0.717) is 11.4 Å². The van der Waals surface area contributed by atoms with Crippen LogP contribution in [-0.4, -0.2) is 20.1 Å². The summed E-state index contributed by atoms with van der Waals surface area (Å²) in [5, 5.41) is 2.75. The van der Waals surface area contributed by atoms with Crippen LogP contribution >= 0.6 is 27.7 Å². The number of amides is 1. The average Bonchev–Trinajstić information content (AvgIpc) is 3.20. The Bertz CT molecular complexity index is 1100. The molecule has 0 unspecified atom stereocenters. The molecule has 2 aromatic carbocycles. The maximum absolute atomic E-state index is 12.5. The summed E-state index contributed by atoms with van der Waals surface area (Å²) in [4.78, 5) is 13.4. The lowest BCUT2D eigenvalue weighted by Crippen LogP contribution is -2.23. The highest BCUT2D eigenvalue weighted by molar-refractivity contribution is 9.10. The van der Waals surface area contributed by atoms with E-state index in [0.717, 1.165) is 14.9 Å². The van der Waals surface area contributed by atoms with Gasteiger partial charge < -0.3 is 9.73 Å². The summed E-state index contributed by atoms with van der Waals surface area (Å²) >= 11 is 4.84. The minimum atomic E-state index is -3.73. The summed E-state index contributed by atoms with van der Waals surface area (Å²) in [7, 11) is -3.73. The highest BCUT2D eigenvalue weighted by Crippen LogP contribution is 2.25. The summed E-state index contributed by atoms with van der Waals surface area (Å²) in [6.45, 7) is 2.03. The van der Waals surface area contributed by atoms with E-state index in [1.807, 2.05) is 25.1 Å². The molecular weight excluding hydrogens is 476 g/mol. The lowest BCUT2D eigenvalue weighted by Gasteiger charge is -2.10. The first-order chi connectivity index (χ1) is 13.8. The molecule has 1 heterocycles. The van der Waals surface area contributed by atoms with Gasteiger partial charge in [0.1, 0.15) is 5.76 Å². The summed E-state index contributed by atoms with van der Waals surface area (Å²) in [5.41, 5.74) is 1.50. The van der Waals surface area contributed by atoms with Crippen LogP contribution in [0.4, 0.5) is 5.69 Å². The minimum Gasteiger partial charge on any atom is -0.468 e. The second kappa shape index (κ2) is 9.62. The van der Waals surface area contributed by atoms with Gasteiger partial charge in [-0.15, -0.1) is 11.8 Å². The summed E-state index contributed by atoms with van der Waals surface area (Å²) in [5.74, 6) is 0.518. The van der Waals surface area contributed by atoms with Gasteiger partial charge in [0.2, 0.25) is 15.9 Å². The molecule has 1 amide bonds. The zero-order valence-corrected chi connectivity index (χ0v) is 18.7. The van der Waals surface area contributed by atoms with Crippen molar-refractivity contribution in [3.05, 3.63) is 76.7 Å². The number of benzene rings is 2. The van der Waals surface area contributed by atoms with Crippen LogP contribution in [0.2, 0.25) is 0 Å². The number of nitrogens with one attached hydrogen (secondary N) is 2. The monoisotopic (exact) mass is 494 g/mol. The van der Waals surface area contributed by atoms with E-state index in [9.17, 15) is 13.2 Å². The molecule has 3 aromatic rings. The SMILES string of the molecule is Cc1cc(Br)ccc1SCC(=O)Nc1cccc(S(=O)(=O)NCc2ccco2)c1. The van der Waals surface area contributed by atoms with Crippen LogP contribution in [0.1, 0.15) is 11.3 Å². The molecule has 0 radical (unpaired) electrons. The van der Waals surface area contributed by atoms with Gasteiger partial charge in [-0.1, -0.05) is 22.0 Å². The fraction of sp³-hybridized carbons (Fsp3) is 0.150. The van der Waals surface area contributed by atoms with Crippen LogP contribution in [0.3, 0.4) is 0 Å². The Labute approximate surface area is 182 Å². The first-order valence-electron chi connectivity index (χ1n) is 8.64. The number of halogens is 1. The van der Waals surface area contributed by atoms with Crippen molar-refractivity contribution in [1.82, 2.24) is 4.72 Å². The van der Waals surface area contributed by atoms with Crippen molar-refractivity contribution >= 4 is 49.3 Å². The molecule has 0 fully saturated rings. The molecule has 0 aliphatic carbocycles. The van der Waals surface area contributed by atoms with E-state index in [4.69, 9.17) is 4.42 Å². The van der Waals surface area contributed by atoms with Gasteiger partial charge in [0.05, 0.1) is 23.5 Å². The molecule has 0 aliphatic rings. The number of thioether (sulfide) groups is 1. The van der Waals surface area contributed by atoms with Crippen molar-refractivity contribution in [3.63, 3.8) is 0 Å². The third-order valence-corrected chi connectivity index (χ3v) is 7.01. The highest BCUT2D eigenvalue weighted by Gasteiger charge is 2.15. The molecule has 6 nitrogen and oxygen atoms in total. The van der Waals surface area contributed by atoms with Gasteiger partial charge in [-0.05, 0) is 61.0 Å². The minimum absolute atomic E-state index is 0.0507. The first kappa shape index (κ1) is 21.6.